The zero-order valence-corrected chi connectivity index (χ0v) is 21.6. The Morgan fingerprint density at radius 2 is 1.68 bits per heavy atom. The molecule has 3 aromatic carbocycles. The van der Waals surface area contributed by atoms with Crippen molar-refractivity contribution in [2.24, 2.45) is 0 Å². The first kappa shape index (κ1) is 24.7. The molecule has 1 N–H and O–H groups in total. The number of benzene rings is 3. The van der Waals surface area contributed by atoms with Gasteiger partial charge in [-0.25, -0.2) is 0 Å². The van der Waals surface area contributed by atoms with Gasteiger partial charge in [-0.2, -0.15) is 0 Å². The molecule has 4 aromatic rings. The minimum Gasteiger partial charge on any atom is -0.503 e. The van der Waals surface area contributed by atoms with Crippen molar-refractivity contribution in [2.75, 3.05) is 4.90 Å². The summed E-state index contributed by atoms with van der Waals surface area (Å²) in [5.41, 5.74) is 3.91. The number of hydrogen-bond donors (Lipinski definition) is 1. The van der Waals surface area contributed by atoms with Crippen molar-refractivity contribution in [1.82, 2.24) is 10.2 Å². The number of ketones is 1. The van der Waals surface area contributed by atoms with Gasteiger partial charge < -0.3 is 5.11 Å². The number of hydrogen-bond acceptors (Lipinski definition) is 7. The van der Waals surface area contributed by atoms with Crippen molar-refractivity contribution in [1.29, 1.82) is 0 Å². The Morgan fingerprint density at radius 1 is 1.00 bits per heavy atom. The third-order valence-electron chi connectivity index (χ3n) is 5.90. The minimum absolute atomic E-state index is 0.0208. The average Bonchev–Trinajstić information content (AvgIpc) is 3.50. The Balaban J connectivity index is 1.43. The maximum absolute atomic E-state index is 13.3. The lowest BCUT2D eigenvalue weighted by Gasteiger charge is -2.23. The monoisotopic (exact) mass is 525 g/mol. The van der Waals surface area contributed by atoms with Crippen LogP contribution in [0, 0.1) is 6.92 Å². The van der Waals surface area contributed by atoms with Crippen molar-refractivity contribution in [2.45, 2.75) is 23.1 Å². The summed E-state index contributed by atoms with van der Waals surface area (Å²) < 4.78 is 0.693. The molecule has 5 rings (SSSR count). The molecular weight excluding hydrogens is 502 g/mol. The number of carbonyl (C=O) groups is 2. The number of nitrogens with zero attached hydrogens (tertiary/aromatic N) is 3. The molecule has 184 valence electrons. The van der Waals surface area contributed by atoms with Gasteiger partial charge in [0.05, 0.1) is 11.6 Å². The molecule has 1 unspecified atom stereocenters. The third kappa shape index (κ3) is 5.40. The summed E-state index contributed by atoms with van der Waals surface area (Å²) >= 11 is 2.78. The largest absolute Gasteiger partial charge is 0.503 e. The lowest BCUT2D eigenvalue weighted by molar-refractivity contribution is -0.117. The highest BCUT2D eigenvalue weighted by molar-refractivity contribution is 8.00. The Hall–Kier alpha value is -4.01. The van der Waals surface area contributed by atoms with Crippen molar-refractivity contribution in [3.8, 4) is 0 Å². The van der Waals surface area contributed by atoms with Crippen LogP contribution in [0.5, 0.6) is 0 Å². The van der Waals surface area contributed by atoms with Crippen molar-refractivity contribution in [3.05, 3.63) is 125 Å². The van der Waals surface area contributed by atoms with E-state index in [0.717, 1.165) is 11.1 Å². The third-order valence-corrected chi connectivity index (χ3v) is 8.03. The summed E-state index contributed by atoms with van der Waals surface area (Å²) in [4.78, 5) is 27.9. The van der Waals surface area contributed by atoms with Crippen molar-refractivity contribution < 1.29 is 14.7 Å². The second-order valence-corrected chi connectivity index (χ2v) is 10.7. The van der Waals surface area contributed by atoms with Crippen molar-refractivity contribution >= 4 is 46.0 Å². The molecular formula is C29H23N3O3S2. The summed E-state index contributed by atoms with van der Waals surface area (Å²) in [6, 6.07) is 26.0. The van der Waals surface area contributed by atoms with Crippen LogP contribution in [0.2, 0.25) is 0 Å². The first-order valence-corrected chi connectivity index (χ1v) is 13.4. The van der Waals surface area contributed by atoms with Gasteiger partial charge in [0.1, 0.15) is 0 Å². The summed E-state index contributed by atoms with van der Waals surface area (Å²) in [6.07, 6.45) is 3.05. The molecule has 1 aliphatic rings. The van der Waals surface area contributed by atoms with Crippen LogP contribution in [0.3, 0.4) is 0 Å². The minimum atomic E-state index is -0.815. The molecule has 0 aliphatic carbocycles. The van der Waals surface area contributed by atoms with Gasteiger partial charge >= 0.3 is 0 Å². The summed E-state index contributed by atoms with van der Waals surface area (Å²) in [6.45, 7) is 2.05. The molecule has 2 heterocycles. The van der Waals surface area contributed by atoms with Crippen LogP contribution in [0.4, 0.5) is 5.13 Å². The first-order valence-electron chi connectivity index (χ1n) is 11.6. The fraction of sp³-hybridized carbons (Fsp3) is 0.103. The first-order chi connectivity index (χ1) is 18.0. The molecule has 8 heteroatoms. The summed E-state index contributed by atoms with van der Waals surface area (Å²) in [7, 11) is 0. The number of anilines is 1. The van der Waals surface area contributed by atoms with Crippen LogP contribution in [0.15, 0.2) is 107 Å². The van der Waals surface area contributed by atoms with E-state index in [1.165, 1.54) is 39.6 Å². The van der Waals surface area contributed by atoms with E-state index in [0.29, 0.717) is 20.8 Å². The Bertz CT molecular complexity index is 1480. The molecule has 1 amide bonds. The van der Waals surface area contributed by atoms with E-state index >= 15 is 0 Å². The van der Waals surface area contributed by atoms with Crippen molar-refractivity contribution in [3.63, 3.8) is 0 Å². The molecule has 1 aliphatic heterocycles. The highest BCUT2D eigenvalue weighted by atomic mass is 32.2. The van der Waals surface area contributed by atoms with E-state index in [4.69, 9.17) is 0 Å². The number of aryl methyl sites for hydroxylation is 1. The van der Waals surface area contributed by atoms with Crippen LogP contribution in [0.25, 0.3) is 6.08 Å². The molecule has 0 spiro atoms. The normalized spacial score (nSPS) is 15.6. The van der Waals surface area contributed by atoms with E-state index < -0.39 is 23.5 Å². The molecule has 6 nitrogen and oxygen atoms in total. The van der Waals surface area contributed by atoms with Crippen LogP contribution in [-0.4, -0.2) is 27.0 Å². The second kappa shape index (κ2) is 10.9. The number of aromatic nitrogens is 2. The van der Waals surface area contributed by atoms with E-state index in [-0.39, 0.29) is 5.57 Å². The maximum atomic E-state index is 13.3. The molecule has 0 saturated carbocycles. The number of aliphatic hydroxyl groups is 1. The smallest absolute Gasteiger partial charge is 0.296 e. The fourth-order valence-corrected chi connectivity index (χ4v) is 5.84. The van der Waals surface area contributed by atoms with E-state index in [1.54, 1.807) is 6.08 Å². The highest BCUT2D eigenvalue weighted by Gasteiger charge is 2.45. The molecule has 0 fully saturated rings. The van der Waals surface area contributed by atoms with Gasteiger partial charge in [-0.1, -0.05) is 120 Å². The van der Waals surface area contributed by atoms with Gasteiger partial charge in [-0.05, 0) is 29.7 Å². The summed E-state index contributed by atoms with van der Waals surface area (Å²) in [5.74, 6) is -0.968. The van der Waals surface area contributed by atoms with E-state index in [2.05, 4.69) is 34.5 Å². The predicted molar refractivity (Wildman–Crippen MR) is 147 cm³/mol. The molecule has 1 aromatic heterocycles. The van der Waals surface area contributed by atoms with E-state index in [1.807, 2.05) is 67.6 Å². The number of thioether (sulfide) groups is 1. The fourth-order valence-electron chi connectivity index (χ4n) is 4.02. The standard InChI is InChI=1S/C29H23N3O3S2/c1-19-12-14-21(15-13-19)18-36-29-31-30-28(37-29)32-25(22-10-6-3-7-11-22)24(26(34)27(32)35)23(33)17-16-20-8-4-2-5-9-20/h2-17,25,34H,18H2,1H3. The number of rotatable bonds is 8. The Morgan fingerprint density at radius 3 is 2.38 bits per heavy atom. The second-order valence-electron chi connectivity index (χ2n) is 8.48. The average molecular weight is 526 g/mol. The zero-order chi connectivity index (χ0) is 25.8. The topological polar surface area (TPSA) is 83.4 Å². The number of allylic oxidation sites excluding steroid dienone is 1. The van der Waals surface area contributed by atoms with Crippen LogP contribution < -0.4 is 4.90 Å². The molecule has 1 atom stereocenters. The Labute approximate surface area is 223 Å². The number of amides is 1. The predicted octanol–water partition coefficient (Wildman–Crippen LogP) is 6.32. The SMILES string of the molecule is Cc1ccc(CSc2nnc(N3C(=O)C(O)=C(C(=O)C=Cc4ccccc4)C3c3ccccc3)s2)cc1. The van der Waals surface area contributed by atoms with Gasteiger partial charge in [0, 0.05) is 5.75 Å². The zero-order valence-electron chi connectivity index (χ0n) is 19.9. The van der Waals surface area contributed by atoms with Gasteiger partial charge in [0.2, 0.25) is 5.13 Å². The molecule has 0 bridgehead atoms. The number of aliphatic hydroxyl groups excluding tert-OH is 1. The maximum Gasteiger partial charge on any atom is 0.296 e. The van der Waals surface area contributed by atoms with Crippen LogP contribution in [0.1, 0.15) is 28.3 Å². The lowest BCUT2D eigenvalue weighted by atomic mass is 9.96. The molecule has 0 radical (unpaired) electrons. The quantitative estimate of drug-likeness (QED) is 0.165. The van der Waals surface area contributed by atoms with E-state index in [9.17, 15) is 14.7 Å². The lowest BCUT2D eigenvalue weighted by Crippen LogP contribution is -2.30. The van der Waals surface area contributed by atoms with Gasteiger partial charge in [-0.15, -0.1) is 10.2 Å². The molecule has 0 saturated heterocycles. The summed E-state index contributed by atoms with van der Waals surface area (Å²) in [5, 5.41) is 19.7. The van der Waals surface area contributed by atoms with Gasteiger partial charge in [0.25, 0.3) is 5.91 Å². The van der Waals surface area contributed by atoms with Gasteiger partial charge in [0.15, 0.2) is 15.9 Å². The van der Waals surface area contributed by atoms with Crippen LogP contribution >= 0.6 is 23.1 Å². The number of carbonyl (C=O) groups excluding carboxylic acids is 2. The highest BCUT2D eigenvalue weighted by Crippen LogP contribution is 2.43. The Kier molecular flexibility index (Phi) is 7.30. The molecule has 37 heavy (non-hydrogen) atoms. The van der Waals surface area contributed by atoms with Crippen LogP contribution in [-0.2, 0) is 15.3 Å². The van der Waals surface area contributed by atoms with Gasteiger partial charge in [-0.3, -0.25) is 14.5 Å².